The van der Waals surface area contributed by atoms with Crippen LogP contribution in [0.3, 0.4) is 0 Å². The van der Waals surface area contributed by atoms with Gasteiger partial charge in [0.15, 0.2) is 9.30 Å². The fourth-order valence-corrected chi connectivity index (χ4v) is 4.32. The first-order valence-electron chi connectivity index (χ1n) is 6.41. The fraction of sp³-hybridized carbons (Fsp3) is 0.417. The third kappa shape index (κ3) is 2.88. The van der Waals surface area contributed by atoms with Crippen molar-refractivity contribution in [3.05, 3.63) is 23.1 Å². The highest BCUT2D eigenvalue weighted by Gasteiger charge is 2.15. The van der Waals surface area contributed by atoms with Gasteiger partial charge in [-0.2, -0.15) is 4.37 Å². The monoisotopic (exact) mass is 325 g/mol. The van der Waals surface area contributed by atoms with E-state index in [1.807, 2.05) is 6.92 Å². The van der Waals surface area contributed by atoms with Crippen LogP contribution in [0.4, 0.5) is 0 Å². The lowest BCUT2D eigenvalue weighted by molar-refractivity contribution is 0.653. The Morgan fingerprint density at radius 3 is 3.05 bits per heavy atom. The Morgan fingerprint density at radius 2 is 2.30 bits per heavy atom. The van der Waals surface area contributed by atoms with E-state index in [0.717, 1.165) is 39.7 Å². The van der Waals surface area contributed by atoms with E-state index in [1.165, 1.54) is 17.2 Å². The van der Waals surface area contributed by atoms with E-state index < -0.39 is 0 Å². The minimum absolute atomic E-state index is 0.823. The fourth-order valence-electron chi connectivity index (χ4n) is 1.84. The number of nitrogens with zero attached hydrogens (tertiary/aromatic N) is 4. The Balaban J connectivity index is 1.88. The van der Waals surface area contributed by atoms with Gasteiger partial charge in [0.1, 0.15) is 10.9 Å². The Labute approximate surface area is 129 Å². The quantitative estimate of drug-likeness (QED) is 0.705. The lowest BCUT2D eigenvalue weighted by atomic mass is 10.4. The van der Waals surface area contributed by atoms with Crippen LogP contribution in [0.15, 0.2) is 20.9 Å². The molecule has 0 atom stereocenters. The van der Waals surface area contributed by atoms with Crippen molar-refractivity contribution >= 4 is 39.6 Å². The molecule has 0 radical (unpaired) electrons. The number of hydrogen-bond acceptors (Lipinski definition) is 7. The van der Waals surface area contributed by atoms with Crippen molar-refractivity contribution in [3.63, 3.8) is 0 Å². The Hall–Kier alpha value is -0.960. The molecule has 3 aromatic heterocycles. The van der Waals surface area contributed by atoms with Gasteiger partial charge in [0, 0.05) is 18.1 Å². The van der Waals surface area contributed by atoms with E-state index in [2.05, 4.69) is 37.6 Å². The van der Waals surface area contributed by atoms with Crippen molar-refractivity contribution in [3.8, 4) is 0 Å². The predicted octanol–water partition coefficient (Wildman–Crippen LogP) is 3.21. The zero-order valence-corrected chi connectivity index (χ0v) is 13.7. The molecule has 0 fully saturated rings. The molecule has 5 nitrogen and oxygen atoms in total. The number of rotatable bonds is 6. The highest BCUT2D eigenvalue weighted by molar-refractivity contribution is 8.00. The predicted molar refractivity (Wildman–Crippen MR) is 83.8 cm³/mol. The van der Waals surface area contributed by atoms with Crippen LogP contribution in [0.25, 0.3) is 4.96 Å². The third-order valence-corrected chi connectivity index (χ3v) is 5.36. The van der Waals surface area contributed by atoms with E-state index in [-0.39, 0.29) is 0 Å². The van der Waals surface area contributed by atoms with Gasteiger partial charge in [0.05, 0.1) is 5.69 Å². The van der Waals surface area contributed by atoms with Gasteiger partial charge in [0.2, 0.25) is 0 Å². The standard InChI is InChI=1S/C12H15N5S3/c1-3-4-13-7-9-10(15-11-17(9)5-6-18-11)19-12-14-8(2)16-20-12/h5-6,13H,3-4,7H2,1-2H3. The second kappa shape index (κ2) is 6.21. The molecule has 0 saturated carbocycles. The molecule has 20 heavy (non-hydrogen) atoms. The van der Waals surface area contributed by atoms with Gasteiger partial charge >= 0.3 is 0 Å². The maximum Gasteiger partial charge on any atom is 0.194 e. The van der Waals surface area contributed by atoms with Crippen molar-refractivity contribution in [2.45, 2.75) is 36.2 Å². The van der Waals surface area contributed by atoms with Crippen LogP contribution >= 0.6 is 34.6 Å². The van der Waals surface area contributed by atoms with Crippen molar-refractivity contribution in [1.82, 2.24) is 24.1 Å². The molecule has 0 amide bonds. The molecule has 1 N–H and O–H groups in total. The van der Waals surface area contributed by atoms with E-state index in [0.29, 0.717) is 0 Å². The SMILES string of the molecule is CCCNCc1c(Sc2nc(C)ns2)nc2sccn12. The summed E-state index contributed by atoms with van der Waals surface area (Å²) in [5, 5.41) is 6.54. The number of thiazole rings is 1. The summed E-state index contributed by atoms with van der Waals surface area (Å²) in [4.78, 5) is 10.1. The average molecular weight is 325 g/mol. The maximum atomic E-state index is 4.70. The number of hydrogen-bond donors (Lipinski definition) is 1. The zero-order valence-electron chi connectivity index (χ0n) is 11.3. The number of nitrogens with one attached hydrogen (secondary N) is 1. The number of aromatic nitrogens is 4. The molecule has 0 aromatic carbocycles. The summed E-state index contributed by atoms with van der Waals surface area (Å²) in [5.41, 5.74) is 1.20. The second-order valence-corrected chi connectivity index (χ2v) is 7.17. The molecule has 0 aliphatic carbocycles. The van der Waals surface area contributed by atoms with Crippen LogP contribution in [-0.2, 0) is 6.54 Å². The molecule has 0 saturated heterocycles. The van der Waals surface area contributed by atoms with Gasteiger partial charge in [0.25, 0.3) is 0 Å². The van der Waals surface area contributed by atoms with Gasteiger partial charge in [-0.15, -0.1) is 11.3 Å². The highest BCUT2D eigenvalue weighted by atomic mass is 32.2. The summed E-state index contributed by atoms with van der Waals surface area (Å²) in [6, 6.07) is 0. The normalized spacial score (nSPS) is 11.5. The first-order valence-corrected chi connectivity index (χ1v) is 8.88. The van der Waals surface area contributed by atoms with Crippen LogP contribution in [0.5, 0.6) is 0 Å². The van der Waals surface area contributed by atoms with E-state index >= 15 is 0 Å². The zero-order chi connectivity index (χ0) is 13.9. The topological polar surface area (TPSA) is 55.1 Å². The summed E-state index contributed by atoms with van der Waals surface area (Å²) in [5.74, 6) is 0.823. The van der Waals surface area contributed by atoms with Gasteiger partial charge in [-0.05, 0) is 43.2 Å². The van der Waals surface area contributed by atoms with E-state index in [4.69, 9.17) is 4.98 Å². The smallest absolute Gasteiger partial charge is 0.194 e. The van der Waals surface area contributed by atoms with Gasteiger partial charge in [-0.3, -0.25) is 4.40 Å². The molecule has 0 aliphatic heterocycles. The minimum Gasteiger partial charge on any atom is -0.311 e. The number of aryl methyl sites for hydroxylation is 1. The molecule has 0 unspecified atom stereocenters. The highest BCUT2D eigenvalue weighted by Crippen LogP contribution is 2.32. The summed E-state index contributed by atoms with van der Waals surface area (Å²) < 4.78 is 7.33. The van der Waals surface area contributed by atoms with E-state index in [1.54, 1.807) is 23.1 Å². The van der Waals surface area contributed by atoms with Crippen LogP contribution in [0.1, 0.15) is 24.9 Å². The molecular weight excluding hydrogens is 310 g/mol. The first-order chi connectivity index (χ1) is 9.78. The molecule has 0 aliphatic rings. The van der Waals surface area contributed by atoms with Crippen molar-refractivity contribution in [1.29, 1.82) is 0 Å². The third-order valence-electron chi connectivity index (χ3n) is 2.74. The average Bonchev–Trinajstić information content (AvgIpc) is 3.09. The first kappa shape index (κ1) is 14.0. The Kier molecular flexibility index (Phi) is 4.35. The summed E-state index contributed by atoms with van der Waals surface area (Å²) in [6.45, 7) is 5.92. The van der Waals surface area contributed by atoms with Crippen LogP contribution in [0, 0.1) is 6.92 Å². The van der Waals surface area contributed by atoms with Crippen molar-refractivity contribution in [2.24, 2.45) is 0 Å². The summed E-state index contributed by atoms with van der Waals surface area (Å²) in [6.07, 6.45) is 3.20. The molecule has 0 bridgehead atoms. The molecule has 0 spiro atoms. The molecule has 3 aromatic rings. The molecule has 8 heteroatoms. The number of fused-ring (bicyclic) bond motifs is 1. The van der Waals surface area contributed by atoms with E-state index in [9.17, 15) is 0 Å². The van der Waals surface area contributed by atoms with Crippen molar-refractivity contribution < 1.29 is 0 Å². The molecule has 3 heterocycles. The summed E-state index contributed by atoms with van der Waals surface area (Å²) >= 11 is 4.69. The van der Waals surface area contributed by atoms with Crippen molar-refractivity contribution in [2.75, 3.05) is 6.54 Å². The van der Waals surface area contributed by atoms with Crippen LogP contribution in [-0.4, -0.2) is 25.3 Å². The lowest BCUT2D eigenvalue weighted by Crippen LogP contribution is -2.15. The maximum absolute atomic E-state index is 4.70. The van der Waals surface area contributed by atoms with Crippen LogP contribution in [0.2, 0.25) is 0 Å². The Morgan fingerprint density at radius 1 is 1.40 bits per heavy atom. The number of imidazole rings is 1. The lowest BCUT2D eigenvalue weighted by Gasteiger charge is -2.04. The largest absolute Gasteiger partial charge is 0.311 e. The molecule has 106 valence electrons. The van der Waals surface area contributed by atoms with Gasteiger partial charge in [-0.25, -0.2) is 9.97 Å². The Bertz CT molecular complexity index is 699. The molecule has 3 rings (SSSR count). The summed E-state index contributed by atoms with van der Waals surface area (Å²) in [7, 11) is 0. The molecular formula is C12H15N5S3. The van der Waals surface area contributed by atoms with Crippen LogP contribution < -0.4 is 5.32 Å². The second-order valence-electron chi connectivity index (χ2n) is 4.31. The van der Waals surface area contributed by atoms with Gasteiger partial charge < -0.3 is 5.32 Å². The minimum atomic E-state index is 0.823. The van der Waals surface area contributed by atoms with Gasteiger partial charge in [-0.1, -0.05) is 6.92 Å².